The van der Waals surface area contributed by atoms with Gasteiger partial charge >= 0.3 is 6.09 Å². The second kappa shape index (κ2) is 5.40. The fourth-order valence-corrected chi connectivity index (χ4v) is 2.65. The number of hydrogen-bond donors (Lipinski definition) is 2. The number of benzene rings is 1. The van der Waals surface area contributed by atoms with Crippen LogP contribution in [0.25, 0.3) is 10.9 Å². The van der Waals surface area contributed by atoms with Crippen LogP contribution in [0.15, 0.2) is 23.0 Å². The maximum atomic E-state index is 14.0. The Balaban J connectivity index is 2.26. The first-order valence-corrected chi connectivity index (χ1v) is 7.23. The zero-order valence-corrected chi connectivity index (χ0v) is 12.0. The van der Waals surface area contributed by atoms with Gasteiger partial charge in [-0.15, -0.1) is 0 Å². The molecule has 1 saturated carbocycles. The van der Waals surface area contributed by atoms with Crippen molar-refractivity contribution in [2.24, 2.45) is 0 Å². The average molecular weight is 305 g/mol. The normalized spacial score (nSPS) is 15.7. The number of halogens is 1. The van der Waals surface area contributed by atoms with Gasteiger partial charge < -0.3 is 10.4 Å². The second-order valence-corrected chi connectivity index (χ2v) is 5.42. The highest BCUT2D eigenvalue weighted by atomic mass is 19.1. The molecule has 1 fully saturated rings. The molecule has 0 spiro atoms. The second-order valence-electron chi connectivity index (χ2n) is 5.42. The molecule has 2 aromatic rings. The number of rotatable bonds is 4. The van der Waals surface area contributed by atoms with Gasteiger partial charge in [0.15, 0.2) is 0 Å². The van der Waals surface area contributed by atoms with E-state index in [-0.39, 0.29) is 16.9 Å². The third-order valence-electron chi connectivity index (χ3n) is 3.84. The van der Waals surface area contributed by atoms with Crippen LogP contribution in [0.2, 0.25) is 0 Å². The number of aromatic nitrogens is 2. The van der Waals surface area contributed by atoms with Gasteiger partial charge in [-0.1, -0.05) is 13.0 Å². The minimum Gasteiger partial charge on any atom is -0.465 e. The van der Waals surface area contributed by atoms with Crippen molar-refractivity contribution >= 4 is 17.0 Å². The molecule has 1 aromatic heterocycles. The van der Waals surface area contributed by atoms with Crippen LogP contribution in [0.1, 0.15) is 44.1 Å². The summed E-state index contributed by atoms with van der Waals surface area (Å²) >= 11 is 0. The van der Waals surface area contributed by atoms with Crippen LogP contribution in [0.5, 0.6) is 0 Å². The van der Waals surface area contributed by atoms with Gasteiger partial charge in [-0.05, 0) is 31.4 Å². The van der Waals surface area contributed by atoms with E-state index in [9.17, 15) is 14.0 Å². The summed E-state index contributed by atoms with van der Waals surface area (Å²) in [5, 5.41) is 11.3. The van der Waals surface area contributed by atoms with Crippen LogP contribution in [0, 0.1) is 5.82 Å². The Morgan fingerprint density at radius 2 is 2.27 bits per heavy atom. The van der Waals surface area contributed by atoms with Gasteiger partial charge in [-0.25, -0.2) is 14.2 Å². The summed E-state index contributed by atoms with van der Waals surface area (Å²) in [4.78, 5) is 28.0. The molecular formula is C15H16FN3O3. The van der Waals surface area contributed by atoms with E-state index in [4.69, 9.17) is 5.11 Å². The van der Waals surface area contributed by atoms with Gasteiger partial charge in [0.1, 0.15) is 17.0 Å². The Morgan fingerprint density at radius 1 is 1.55 bits per heavy atom. The summed E-state index contributed by atoms with van der Waals surface area (Å²) in [6, 6.07) is 3.66. The van der Waals surface area contributed by atoms with Gasteiger partial charge in [0, 0.05) is 6.04 Å². The molecule has 6 nitrogen and oxygen atoms in total. The van der Waals surface area contributed by atoms with Crippen LogP contribution in [-0.4, -0.2) is 20.8 Å². The zero-order valence-electron chi connectivity index (χ0n) is 12.0. The topological polar surface area (TPSA) is 84.2 Å². The predicted octanol–water partition coefficient (Wildman–Crippen LogP) is 2.59. The fraction of sp³-hybridized carbons (Fsp3) is 0.400. The van der Waals surface area contributed by atoms with Crippen molar-refractivity contribution in [3.63, 3.8) is 0 Å². The first-order chi connectivity index (χ1) is 10.5. The van der Waals surface area contributed by atoms with Crippen LogP contribution >= 0.6 is 0 Å². The highest BCUT2D eigenvalue weighted by Crippen LogP contribution is 2.36. The molecule has 0 bridgehead atoms. The van der Waals surface area contributed by atoms with Crippen molar-refractivity contribution in [3.8, 4) is 0 Å². The zero-order chi connectivity index (χ0) is 15.9. The van der Waals surface area contributed by atoms with E-state index in [0.29, 0.717) is 12.2 Å². The van der Waals surface area contributed by atoms with E-state index in [1.807, 2.05) is 0 Å². The van der Waals surface area contributed by atoms with Crippen LogP contribution in [0.4, 0.5) is 9.18 Å². The minimum absolute atomic E-state index is 0.0244. The molecule has 1 atom stereocenters. The molecule has 0 saturated heterocycles. The van der Waals surface area contributed by atoms with E-state index >= 15 is 0 Å². The van der Waals surface area contributed by atoms with Crippen molar-refractivity contribution in [1.29, 1.82) is 0 Å². The van der Waals surface area contributed by atoms with E-state index in [1.54, 1.807) is 13.0 Å². The van der Waals surface area contributed by atoms with Gasteiger partial charge in [-0.3, -0.25) is 9.36 Å². The number of nitrogens with zero attached hydrogens (tertiary/aromatic N) is 2. The summed E-state index contributed by atoms with van der Waals surface area (Å²) in [6.45, 7) is 1.81. The van der Waals surface area contributed by atoms with Gasteiger partial charge in [0.25, 0.3) is 5.56 Å². The highest BCUT2D eigenvalue weighted by Gasteiger charge is 2.31. The van der Waals surface area contributed by atoms with Gasteiger partial charge in [0.2, 0.25) is 0 Å². The lowest BCUT2D eigenvalue weighted by Crippen LogP contribution is -2.34. The molecule has 3 rings (SSSR count). The van der Waals surface area contributed by atoms with E-state index in [1.165, 1.54) is 16.7 Å². The maximum Gasteiger partial charge on any atom is 0.405 e. The fourth-order valence-electron chi connectivity index (χ4n) is 2.65. The maximum absolute atomic E-state index is 14.0. The van der Waals surface area contributed by atoms with Crippen molar-refractivity contribution in [3.05, 3.63) is 40.2 Å². The monoisotopic (exact) mass is 305 g/mol. The quantitative estimate of drug-likeness (QED) is 0.909. The summed E-state index contributed by atoms with van der Waals surface area (Å²) < 4.78 is 15.4. The lowest BCUT2D eigenvalue weighted by atomic mass is 10.1. The summed E-state index contributed by atoms with van der Waals surface area (Å²) in [6.07, 6.45) is 0.908. The summed E-state index contributed by atoms with van der Waals surface area (Å²) in [5.41, 5.74) is -0.186. The molecule has 1 aliphatic carbocycles. The number of nitrogens with one attached hydrogen (secondary N) is 1. The molecule has 22 heavy (non-hydrogen) atoms. The van der Waals surface area contributed by atoms with Crippen LogP contribution < -0.4 is 10.9 Å². The molecule has 1 aromatic carbocycles. The Labute approximate surface area is 125 Å². The van der Waals surface area contributed by atoms with Gasteiger partial charge in [-0.2, -0.15) is 0 Å². The molecule has 1 unspecified atom stereocenters. The smallest absolute Gasteiger partial charge is 0.405 e. The molecular weight excluding hydrogens is 289 g/mol. The Hall–Kier alpha value is -2.44. The van der Waals surface area contributed by atoms with E-state index in [2.05, 4.69) is 10.3 Å². The highest BCUT2D eigenvalue weighted by molar-refractivity contribution is 5.78. The first-order valence-electron chi connectivity index (χ1n) is 7.23. The van der Waals surface area contributed by atoms with Gasteiger partial charge in [0.05, 0.1) is 11.6 Å². The number of fused-ring (bicyclic) bond motifs is 1. The predicted molar refractivity (Wildman–Crippen MR) is 78.4 cm³/mol. The molecule has 2 N–H and O–H groups in total. The van der Waals surface area contributed by atoms with Crippen molar-refractivity contribution in [2.75, 3.05) is 0 Å². The van der Waals surface area contributed by atoms with Crippen molar-refractivity contribution < 1.29 is 14.3 Å². The molecule has 1 heterocycles. The molecule has 116 valence electrons. The lowest BCUT2D eigenvalue weighted by molar-refractivity contribution is 0.188. The Morgan fingerprint density at radius 3 is 2.86 bits per heavy atom. The average Bonchev–Trinajstić information content (AvgIpc) is 3.28. The number of amides is 1. The SMILES string of the molecule is CCC(NC(=O)O)c1nc2cccc(F)c2c(=O)n1C1CC1. The van der Waals surface area contributed by atoms with E-state index in [0.717, 1.165) is 12.8 Å². The minimum atomic E-state index is -1.18. The molecule has 1 aliphatic rings. The molecule has 0 radical (unpaired) electrons. The number of carbonyl (C=O) groups is 1. The number of hydrogen-bond acceptors (Lipinski definition) is 3. The van der Waals surface area contributed by atoms with Crippen molar-refractivity contribution in [1.82, 2.24) is 14.9 Å². The third kappa shape index (κ3) is 2.43. The lowest BCUT2D eigenvalue weighted by Gasteiger charge is -2.20. The summed E-state index contributed by atoms with van der Waals surface area (Å²) in [7, 11) is 0. The third-order valence-corrected chi connectivity index (χ3v) is 3.84. The van der Waals surface area contributed by atoms with Crippen LogP contribution in [-0.2, 0) is 0 Å². The van der Waals surface area contributed by atoms with Crippen LogP contribution in [0.3, 0.4) is 0 Å². The Kier molecular flexibility index (Phi) is 3.56. The standard InChI is InChI=1S/C15H16FN3O3/c1-2-10(18-15(21)22)13-17-11-5-3-4-9(16)12(11)14(20)19(13)8-6-7-8/h3-5,8,10,18H,2,6-7H2,1H3,(H,21,22). The first kappa shape index (κ1) is 14.5. The molecule has 1 amide bonds. The largest absolute Gasteiger partial charge is 0.465 e. The summed E-state index contributed by atoms with van der Waals surface area (Å²) in [5.74, 6) is -0.245. The molecule has 7 heteroatoms. The van der Waals surface area contributed by atoms with E-state index < -0.39 is 23.5 Å². The number of carboxylic acid groups (broad SMARTS) is 1. The Bertz CT molecular complexity index is 798. The van der Waals surface area contributed by atoms with Crippen molar-refractivity contribution in [2.45, 2.75) is 38.3 Å². The molecule has 0 aliphatic heterocycles.